The van der Waals surface area contributed by atoms with Gasteiger partial charge in [0.25, 0.3) is 0 Å². The van der Waals surface area contributed by atoms with Gasteiger partial charge in [0.05, 0.1) is 0 Å². The predicted molar refractivity (Wildman–Crippen MR) is 77.4 cm³/mol. The lowest BCUT2D eigenvalue weighted by atomic mass is 9.88. The smallest absolute Gasteiger partial charge is 0.0401 e. The highest BCUT2D eigenvalue weighted by Crippen LogP contribution is 2.34. The van der Waals surface area contributed by atoms with Crippen molar-refractivity contribution < 1.29 is 0 Å². The highest BCUT2D eigenvalue weighted by molar-refractivity contribution is 5.55. The van der Waals surface area contributed by atoms with E-state index in [0.717, 1.165) is 5.92 Å². The van der Waals surface area contributed by atoms with Crippen molar-refractivity contribution in [1.29, 1.82) is 0 Å². The van der Waals surface area contributed by atoms with Crippen LogP contribution in [0.25, 0.3) is 0 Å². The molecule has 0 atom stereocenters. The summed E-state index contributed by atoms with van der Waals surface area (Å²) in [6, 6.07) is 9.11. The van der Waals surface area contributed by atoms with Crippen LogP contribution in [-0.2, 0) is 0 Å². The molecular weight excluding hydrogens is 220 g/mol. The van der Waals surface area contributed by atoms with E-state index < -0.39 is 0 Å². The van der Waals surface area contributed by atoms with Gasteiger partial charge in [-0.05, 0) is 62.7 Å². The van der Waals surface area contributed by atoms with Gasteiger partial charge in [0, 0.05) is 18.8 Å². The molecule has 0 aromatic heterocycles. The SMILES string of the molecule is c1ccc(N2CCCCC2)c(C2CCNCC2)c1. The minimum atomic E-state index is 0.768. The summed E-state index contributed by atoms with van der Waals surface area (Å²) in [5.74, 6) is 0.768. The average Bonchev–Trinajstić information content (AvgIpc) is 2.49. The van der Waals surface area contributed by atoms with Crippen LogP contribution in [0.3, 0.4) is 0 Å². The molecule has 3 rings (SSSR count). The van der Waals surface area contributed by atoms with Crippen molar-refractivity contribution in [2.24, 2.45) is 0 Å². The van der Waals surface area contributed by atoms with E-state index in [2.05, 4.69) is 34.5 Å². The average molecular weight is 244 g/mol. The van der Waals surface area contributed by atoms with Gasteiger partial charge in [-0.1, -0.05) is 18.2 Å². The second kappa shape index (κ2) is 5.75. The van der Waals surface area contributed by atoms with Crippen LogP contribution in [0.1, 0.15) is 43.6 Å². The molecule has 2 nitrogen and oxygen atoms in total. The zero-order valence-electron chi connectivity index (χ0n) is 11.2. The molecule has 1 aromatic carbocycles. The first-order valence-electron chi connectivity index (χ1n) is 7.50. The standard InChI is InChI=1S/C16H24N2/c1-4-12-18(13-5-1)16-7-3-2-6-15(16)14-8-10-17-11-9-14/h2-3,6-7,14,17H,1,4-5,8-13H2. The number of rotatable bonds is 2. The minimum Gasteiger partial charge on any atom is -0.371 e. The van der Waals surface area contributed by atoms with Crippen LogP contribution in [0, 0.1) is 0 Å². The lowest BCUT2D eigenvalue weighted by Gasteiger charge is -2.33. The number of hydrogen-bond donors (Lipinski definition) is 1. The second-order valence-corrected chi connectivity index (χ2v) is 5.63. The summed E-state index contributed by atoms with van der Waals surface area (Å²) in [5, 5.41) is 3.47. The summed E-state index contributed by atoms with van der Waals surface area (Å²) in [6.45, 7) is 4.86. The zero-order chi connectivity index (χ0) is 12.2. The van der Waals surface area contributed by atoms with E-state index in [-0.39, 0.29) is 0 Å². The van der Waals surface area contributed by atoms with Gasteiger partial charge in [-0.15, -0.1) is 0 Å². The van der Waals surface area contributed by atoms with E-state index in [9.17, 15) is 0 Å². The van der Waals surface area contributed by atoms with Gasteiger partial charge in [0.15, 0.2) is 0 Å². The molecule has 98 valence electrons. The van der Waals surface area contributed by atoms with Gasteiger partial charge in [-0.25, -0.2) is 0 Å². The van der Waals surface area contributed by atoms with Gasteiger partial charge >= 0.3 is 0 Å². The summed E-state index contributed by atoms with van der Waals surface area (Å²) in [4.78, 5) is 2.61. The number of nitrogens with one attached hydrogen (secondary N) is 1. The fourth-order valence-corrected chi connectivity index (χ4v) is 3.39. The summed E-state index contributed by atoms with van der Waals surface area (Å²) in [7, 11) is 0. The number of hydrogen-bond acceptors (Lipinski definition) is 2. The highest BCUT2D eigenvalue weighted by atomic mass is 15.1. The van der Waals surface area contributed by atoms with Crippen LogP contribution < -0.4 is 10.2 Å². The third-order valence-corrected chi connectivity index (χ3v) is 4.41. The minimum absolute atomic E-state index is 0.768. The fraction of sp³-hybridized carbons (Fsp3) is 0.625. The van der Waals surface area contributed by atoms with Crippen LogP contribution >= 0.6 is 0 Å². The van der Waals surface area contributed by atoms with E-state index >= 15 is 0 Å². The quantitative estimate of drug-likeness (QED) is 0.860. The topological polar surface area (TPSA) is 15.3 Å². The Balaban J connectivity index is 1.83. The molecule has 1 aromatic rings. The molecule has 2 fully saturated rings. The van der Waals surface area contributed by atoms with Crippen LogP contribution in [0.4, 0.5) is 5.69 Å². The van der Waals surface area contributed by atoms with E-state index in [4.69, 9.17) is 0 Å². The Morgan fingerprint density at radius 2 is 1.67 bits per heavy atom. The van der Waals surface area contributed by atoms with E-state index in [0.29, 0.717) is 0 Å². The molecular formula is C16H24N2. The molecule has 0 bridgehead atoms. The Hall–Kier alpha value is -1.02. The van der Waals surface area contributed by atoms with Crippen molar-refractivity contribution in [3.05, 3.63) is 29.8 Å². The molecule has 18 heavy (non-hydrogen) atoms. The third kappa shape index (κ3) is 2.54. The van der Waals surface area contributed by atoms with E-state index in [1.54, 1.807) is 5.56 Å². The molecule has 0 spiro atoms. The second-order valence-electron chi connectivity index (χ2n) is 5.63. The molecule has 2 heteroatoms. The lowest BCUT2D eigenvalue weighted by molar-refractivity contribution is 0.459. The first-order chi connectivity index (χ1) is 8.95. The summed E-state index contributed by atoms with van der Waals surface area (Å²) < 4.78 is 0. The van der Waals surface area contributed by atoms with Gasteiger partial charge in [-0.2, -0.15) is 0 Å². The van der Waals surface area contributed by atoms with Crippen molar-refractivity contribution in [2.45, 2.75) is 38.0 Å². The molecule has 0 amide bonds. The summed E-state index contributed by atoms with van der Waals surface area (Å²) in [5.41, 5.74) is 3.12. The Morgan fingerprint density at radius 3 is 2.44 bits per heavy atom. The van der Waals surface area contributed by atoms with Gasteiger partial charge in [-0.3, -0.25) is 0 Å². The lowest BCUT2D eigenvalue weighted by Crippen LogP contribution is -2.32. The normalized spacial score (nSPS) is 22.1. The maximum atomic E-state index is 3.47. The molecule has 0 radical (unpaired) electrons. The molecule has 2 aliphatic rings. The molecule has 0 saturated carbocycles. The summed E-state index contributed by atoms with van der Waals surface area (Å²) >= 11 is 0. The first-order valence-corrected chi connectivity index (χ1v) is 7.50. The Labute approximate surface area is 110 Å². The van der Waals surface area contributed by atoms with Crippen molar-refractivity contribution >= 4 is 5.69 Å². The Morgan fingerprint density at radius 1 is 0.944 bits per heavy atom. The van der Waals surface area contributed by atoms with Gasteiger partial charge in [0.2, 0.25) is 0 Å². The van der Waals surface area contributed by atoms with E-state index in [1.807, 2.05) is 0 Å². The summed E-state index contributed by atoms with van der Waals surface area (Å²) in [6.07, 6.45) is 6.73. The molecule has 2 heterocycles. The molecule has 1 N–H and O–H groups in total. The Kier molecular flexibility index (Phi) is 3.84. The van der Waals surface area contributed by atoms with E-state index in [1.165, 1.54) is 64.0 Å². The number of nitrogens with zero attached hydrogens (tertiary/aromatic N) is 1. The van der Waals surface area contributed by atoms with Crippen LogP contribution in [-0.4, -0.2) is 26.2 Å². The maximum absolute atomic E-state index is 3.47. The van der Waals surface area contributed by atoms with Crippen molar-refractivity contribution in [1.82, 2.24) is 5.32 Å². The van der Waals surface area contributed by atoms with Crippen molar-refractivity contribution in [2.75, 3.05) is 31.1 Å². The van der Waals surface area contributed by atoms with Crippen LogP contribution in [0.5, 0.6) is 0 Å². The van der Waals surface area contributed by atoms with Crippen molar-refractivity contribution in [3.63, 3.8) is 0 Å². The predicted octanol–water partition coefficient (Wildman–Crippen LogP) is 3.14. The first kappa shape index (κ1) is 12.0. The third-order valence-electron chi connectivity index (χ3n) is 4.41. The maximum Gasteiger partial charge on any atom is 0.0401 e. The van der Waals surface area contributed by atoms with Gasteiger partial charge < -0.3 is 10.2 Å². The highest BCUT2D eigenvalue weighted by Gasteiger charge is 2.21. The van der Waals surface area contributed by atoms with Crippen molar-refractivity contribution in [3.8, 4) is 0 Å². The molecule has 0 unspecified atom stereocenters. The largest absolute Gasteiger partial charge is 0.371 e. The van der Waals surface area contributed by atoms with Crippen LogP contribution in [0.15, 0.2) is 24.3 Å². The zero-order valence-corrected chi connectivity index (χ0v) is 11.2. The van der Waals surface area contributed by atoms with Crippen LogP contribution in [0.2, 0.25) is 0 Å². The Bertz CT molecular complexity index is 339. The molecule has 2 aliphatic heterocycles. The van der Waals surface area contributed by atoms with Gasteiger partial charge in [0.1, 0.15) is 0 Å². The fourth-order valence-electron chi connectivity index (χ4n) is 3.39. The number of para-hydroxylation sites is 1. The molecule has 2 saturated heterocycles. The number of piperidine rings is 2. The monoisotopic (exact) mass is 244 g/mol. The number of benzene rings is 1. The number of anilines is 1. The molecule has 0 aliphatic carbocycles.